The lowest BCUT2D eigenvalue weighted by atomic mass is 10.3. The predicted octanol–water partition coefficient (Wildman–Crippen LogP) is 0.480. The van der Waals surface area contributed by atoms with Crippen molar-refractivity contribution < 1.29 is 9.84 Å². The standard InChI is InChI=1S/C9H15N3O2/c1-6-8(10)12(7-2-3-7)11-9(6)14-5-4-13/h7,13H,2-5,10H2,1H3. The molecule has 1 aliphatic carbocycles. The Labute approximate surface area is 82.5 Å². The number of aliphatic hydroxyl groups excluding tert-OH is 1. The molecule has 1 heterocycles. The van der Waals surface area contributed by atoms with Gasteiger partial charge in [-0.15, -0.1) is 5.10 Å². The van der Waals surface area contributed by atoms with Crippen LogP contribution in [0.25, 0.3) is 0 Å². The van der Waals surface area contributed by atoms with Crippen LogP contribution in [0.2, 0.25) is 0 Å². The third kappa shape index (κ3) is 1.55. The maximum Gasteiger partial charge on any atom is 0.238 e. The van der Waals surface area contributed by atoms with Gasteiger partial charge in [-0.2, -0.15) is 0 Å². The molecular formula is C9H15N3O2. The van der Waals surface area contributed by atoms with Gasteiger partial charge in [-0.25, -0.2) is 4.68 Å². The number of aromatic nitrogens is 2. The van der Waals surface area contributed by atoms with E-state index in [9.17, 15) is 0 Å². The molecule has 0 spiro atoms. The largest absolute Gasteiger partial charge is 0.474 e. The molecule has 1 fully saturated rings. The van der Waals surface area contributed by atoms with Crippen LogP contribution in [0.4, 0.5) is 5.82 Å². The van der Waals surface area contributed by atoms with E-state index in [1.54, 1.807) is 0 Å². The fraction of sp³-hybridized carbons (Fsp3) is 0.667. The molecule has 0 atom stereocenters. The second-order valence-corrected chi connectivity index (χ2v) is 3.56. The van der Waals surface area contributed by atoms with Gasteiger partial charge in [0.2, 0.25) is 5.88 Å². The van der Waals surface area contributed by atoms with Crippen molar-refractivity contribution in [2.24, 2.45) is 0 Å². The van der Waals surface area contributed by atoms with Gasteiger partial charge < -0.3 is 15.6 Å². The highest BCUT2D eigenvalue weighted by Gasteiger charge is 2.28. The molecule has 1 aromatic heterocycles. The first-order chi connectivity index (χ1) is 6.74. The average molecular weight is 197 g/mol. The van der Waals surface area contributed by atoms with Gasteiger partial charge in [-0.3, -0.25) is 0 Å². The maximum atomic E-state index is 8.63. The molecule has 3 N–H and O–H groups in total. The van der Waals surface area contributed by atoms with E-state index >= 15 is 0 Å². The van der Waals surface area contributed by atoms with Crippen molar-refractivity contribution in [2.45, 2.75) is 25.8 Å². The van der Waals surface area contributed by atoms with E-state index in [4.69, 9.17) is 15.6 Å². The summed E-state index contributed by atoms with van der Waals surface area (Å²) in [5.74, 6) is 1.23. The molecule has 1 aliphatic rings. The van der Waals surface area contributed by atoms with E-state index in [1.807, 2.05) is 11.6 Å². The molecule has 0 unspecified atom stereocenters. The van der Waals surface area contributed by atoms with Crippen LogP contribution in [0.5, 0.6) is 5.88 Å². The Morgan fingerprint density at radius 3 is 2.93 bits per heavy atom. The van der Waals surface area contributed by atoms with Gasteiger partial charge in [-0.05, 0) is 19.8 Å². The molecule has 2 rings (SSSR count). The van der Waals surface area contributed by atoms with Gasteiger partial charge in [0.25, 0.3) is 0 Å². The second-order valence-electron chi connectivity index (χ2n) is 3.56. The third-order valence-electron chi connectivity index (χ3n) is 2.37. The van der Waals surface area contributed by atoms with Crippen LogP contribution in [0.3, 0.4) is 0 Å². The zero-order valence-corrected chi connectivity index (χ0v) is 8.23. The van der Waals surface area contributed by atoms with Crippen LogP contribution in [0, 0.1) is 6.92 Å². The summed E-state index contributed by atoms with van der Waals surface area (Å²) in [6.07, 6.45) is 2.29. The van der Waals surface area contributed by atoms with Gasteiger partial charge in [-0.1, -0.05) is 0 Å². The molecule has 1 aromatic rings. The van der Waals surface area contributed by atoms with Crippen LogP contribution < -0.4 is 10.5 Å². The quantitative estimate of drug-likeness (QED) is 0.736. The smallest absolute Gasteiger partial charge is 0.238 e. The number of rotatable bonds is 4. The number of nitrogens with zero attached hydrogens (tertiary/aromatic N) is 2. The zero-order chi connectivity index (χ0) is 10.1. The van der Waals surface area contributed by atoms with Crippen molar-refractivity contribution in [3.05, 3.63) is 5.56 Å². The van der Waals surface area contributed by atoms with E-state index in [0.717, 1.165) is 18.4 Å². The molecule has 0 amide bonds. The SMILES string of the molecule is Cc1c(OCCO)nn(C2CC2)c1N. The number of nitrogens with two attached hydrogens (primary N) is 1. The molecule has 1 saturated carbocycles. The summed E-state index contributed by atoms with van der Waals surface area (Å²) < 4.78 is 7.08. The number of hydrogen-bond donors (Lipinski definition) is 2. The van der Waals surface area contributed by atoms with Gasteiger partial charge in [0.15, 0.2) is 0 Å². The second kappa shape index (κ2) is 3.49. The first-order valence-electron chi connectivity index (χ1n) is 4.82. The third-order valence-corrected chi connectivity index (χ3v) is 2.37. The van der Waals surface area contributed by atoms with Crippen molar-refractivity contribution >= 4 is 5.82 Å². The average Bonchev–Trinajstić information content (AvgIpc) is 2.96. The predicted molar refractivity (Wildman–Crippen MR) is 52.2 cm³/mol. The highest BCUT2D eigenvalue weighted by atomic mass is 16.5. The summed E-state index contributed by atoms with van der Waals surface area (Å²) in [6.45, 7) is 2.14. The molecule has 0 bridgehead atoms. The summed E-state index contributed by atoms with van der Waals surface area (Å²) in [5.41, 5.74) is 6.74. The van der Waals surface area contributed by atoms with Crippen molar-refractivity contribution in [3.8, 4) is 5.88 Å². The van der Waals surface area contributed by atoms with E-state index < -0.39 is 0 Å². The van der Waals surface area contributed by atoms with Crippen LogP contribution >= 0.6 is 0 Å². The summed E-state index contributed by atoms with van der Waals surface area (Å²) >= 11 is 0. The molecular weight excluding hydrogens is 182 g/mol. The Bertz CT molecular complexity index is 331. The lowest BCUT2D eigenvalue weighted by molar-refractivity contribution is 0.195. The minimum absolute atomic E-state index is 0.00433. The molecule has 0 radical (unpaired) electrons. The molecule has 14 heavy (non-hydrogen) atoms. The minimum atomic E-state index is -0.00433. The van der Waals surface area contributed by atoms with Gasteiger partial charge in [0.05, 0.1) is 18.2 Å². The summed E-state index contributed by atoms with van der Waals surface area (Å²) in [5, 5.41) is 12.9. The fourth-order valence-corrected chi connectivity index (χ4v) is 1.38. The lowest BCUT2D eigenvalue weighted by Gasteiger charge is -1.99. The minimum Gasteiger partial charge on any atom is -0.474 e. The number of hydrogen-bond acceptors (Lipinski definition) is 4. The first kappa shape index (κ1) is 9.33. The van der Waals surface area contributed by atoms with Crippen molar-refractivity contribution in [2.75, 3.05) is 18.9 Å². The van der Waals surface area contributed by atoms with E-state index in [1.165, 1.54) is 0 Å². The molecule has 78 valence electrons. The van der Waals surface area contributed by atoms with Crippen LogP contribution in [0.1, 0.15) is 24.4 Å². The van der Waals surface area contributed by atoms with E-state index in [2.05, 4.69) is 5.10 Å². The van der Waals surface area contributed by atoms with Crippen molar-refractivity contribution in [1.29, 1.82) is 0 Å². The monoisotopic (exact) mass is 197 g/mol. The summed E-state index contributed by atoms with van der Waals surface area (Å²) in [4.78, 5) is 0. The van der Waals surface area contributed by atoms with Crippen LogP contribution in [-0.4, -0.2) is 28.1 Å². The number of nitrogen functional groups attached to an aromatic ring is 1. The van der Waals surface area contributed by atoms with Crippen LogP contribution in [0.15, 0.2) is 0 Å². The van der Waals surface area contributed by atoms with Gasteiger partial charge >= 0.3 is 0 Å². The number of aliphatic hydroxyl groups is 1. The Morgan fingerprint density at radius 2 is 2.36 bits per heavy atom. The lowest BCUT2D eigenvalue weighted by Crippen LogP contribution is -2.04. The molecule has 5 heteroatoms. The topological polar surface area (TPSA) is 73.3 Å². The number of anilines is 1. The van der Waals surface area contributed by atoms with Crippen molar-refractivity contribution in [1.82, 2.24) is 9.78 Å². The zero-order valence-electron chi connectivity index (χ0n) is 8.23. The molecule has 5 nitrogen and oxygen atoms in total. The first-order valence-corrected chi connectivity index (χ1v) is 4.82. The highest BCUT2D eigenvalue weighted by Crippen LogP contribution is 2.38. The Hall–Kier alpha value is -1.23. The normalized spacial score (nSPS) is 15.9. The Kier molecular flexibility index (Phi) is 2.33. The molecule has 0 aliphatic heterocycles. The highest BCUT2D eigenvalue weighted by molar-refractivity contribution is 5.46. The van der Waals surface area contributed by atoms with Crippen LogP contribution in [-0.2, 0) is 0 Å². The van der Waals surface area contributed by atoms with Crippen molar-refractivity contribution in [3.63, 3.8) is 0 Å². The van der Waals surface area contributed by atoms with E-state index in [-0.39, 0.29) is 13.2 Å². The van der Waals surface area contributed by atoms with Gasteiger partial charge in [0, 0.05) is 0 Å². The fourth-order valence-electron chi connectivity index (χ4n) is 1.38. The Morgan fingerprint density at radius 1 is 1.64 bits per heavy atom. The number of ether oxygens (including phenoxy) is 1. The molecule has 0 aromatic carbocycles. The summed E-state index contributed by atoms with van der Waals surface area (Å²) in [6, 6.07) is 0.458. The maximum absolute atomic E-state index is 8.63. The molecule has 0 saturated heterocycles. The summed E-state index contributed by atoms with van der Waals surface area (Å²) in [7, 11) is 0. The van der Waals surface area contributed by atoms with E-state index in [0.29, 0.717) is 17.7 Å². The Balaban J connectivity index is 2.18. The van der Waals surface area contributed by atoms with Gasteiger partial charge in [0.1, 0.15) is 12.4 Å².